The number of rotatable bonds is 6. The number of anilines is 1. The number of hydrogen-bond donors (Lipinski definition) is 1. The molecule has 37 heavy (non-hydrogen) atoms. The van der Waals surface area contributed by atoms with Crippen molar-refractivity contribution in [2.75, 3.05) is 32.2 Å². The van der Waals surface area contributed by atoms with Crippen molar-refractivity contribution in [1.82, 2.24) is 0 Å². The summed E-state index contributed by atoms with van der Waals surface area (Å²) in [4.78, 5) is 2.36. The zero-order valence-electron chi connectivity index (χ0n) is 21.7. The van der Waals surface area contributed by atoms with Crippen LogP contribution < -0.4 is 4.90 Å². The highest BCUT2D eigenvalue weighted by atomic mass is 19.3. The summed E-state index contributed by atoms with van der Waals surface area (Å²) in [5.41, 5.74) is 4.66. The molecule has 0 amide bonds. The first-order chi connectivity index (χ1) is 17.8. The van der Waals surface area contributed by atoms with E-state index in [0.29, 0.717) is 11.5 Å². The number of fused-ring (bicyclic) bond motifs is 1. The topological polar surface area (TPSA) is 41.9 Å². The van der Waals surface area contributed by atoms with Crippen molar-refractivity contribution in [2.45, 2.75) is 50.2 Å². The van der Waals surface area contributed by atoms with Crippen LogP contribution in [0.25, 0.3) is 0 Å². The van der Waals surface area contributed by atoms with Gasteiger partial charge in [-0.3, -0.25) is 0 Å². The molecular weight excluding hydrogens is 472 g/mol. The fourth-order valence-electron chi connectivity index (χ4n) is 6.19. The van der Waals surface area contributed by atoms with Crippen LogP contribution in [0.15, 0.2) is 66.7 Å². The van der Waals surface area contributed by atoms with Crippen molar-refractivity contribution in [3.05, 3.63) is 94.5 Å². The minimum absolute atomic E-state index is 0.0714. The maximum atomic E-state index is 15.4. The number of phenolic OH excluding ortho intramolecular Hbond substituents is 1. The van der Waals surface area contributed by atoms with E-state index < -0.39 is 5.92 Å². The number of alkyl halides is 2. The van der Waals surface area contributed by atoms with Crippen molar-refractivity contribution in [1.29, 1.82) is 0 Å². The van der Waals surface area contributed by atoms with Crippen molar-refractivity contribution < 1.29 is 23.4 Å². The van der Waals surface area contributed by atoms with Gasteiger partial charge in [0.2, 0.25) is 0 Å². The third-order valence-electron chi connectivity index (χ3n) is 8.16. The number of hydrogen-bond acceptors (Lipinski definition) is 4. The lowest BCUT2D eigenvalue weighted by Crippen LogP contribution is -2.39. The molecule has 1 heterocycles. The molecule has 1 fully saturated rings. The lowest BCUT2D eigenvalue weighted by Gasteiger charge is -2.39. The van der Waals surface area contributed by atoms with Crippen molar-refractivity contribution in [2.24, 2.45) is 5.92 Å². The molecule has 2 atom stereocenters. The van der Waals surface area contributed by atoms with Gasteiger partial charge < -0.3 is 19.5 Å². The number of phenols is 1. The SMILES string of the molecule is COC(OC)C1CCN(c2ccc([C@@H]3c4ccc(O)cc4C(F)(F)C[C@@H]3c3ccc(C)cc3)cc2)CC1. The highest BCUT2D eigenvalue weighted by Gasteiger charge is 2.47. The van der Waals surface area contributed by atoms with Crippen LogP contribution in [0, 0.1) is 12.8 Å². The summed E-state index contributed by atoms with van der Waals surface area (Å²) >= 11 is 0. The van der Waals surface area contributed by atoms with Gasteiger partial charge in [0.15, 0.2) is 6.29 Å². The van der Waals surface area contributed by atoms with Crippen LogP contribution in [-0.4, -0.2) is 38.7 Å². The van der Waals surface area contributed by atoms with Gasteiger partial charge in [-0.05, 0) is 60.7 Å². The average Bonchev–Trinajstić information content (AvgIpc) is 2.90. The second-order valence-corrected chi connectivity index (χ2v) is 10.4. The average molecular weight is 508 g/mol. The zero-order valence-corrected chi connectivity index (χ0v) is 21.7. The Bertz CT molecular complexity index is 1200. The Morgan fingerprint density at radius 3 is 2.14 bits per heavy atom. The van der Waals surface area contributed by atoms with Gasteiger partial charge in [-0.1, -0.05) is 48.0 Å². The van der Waals surface area contributed by atoms with E-state index in [-0.39, 0.29) is 35.9 Å². The third kappa shape index (κ3) is 5.10. The van der Waals surface area contributed by atoms with E-state index in [4.69, 9.17) is 9.47 Å². The van der Waals surface area contributed by atoms with Gasteiger partial charge in [-0.2, -0.15) is 0 Å². The molecule has 5 rings (SSSR count). The standard InChI is InChI=1S/C31H35F2NO3/c1-20-4-6-21(7-5-20)27-19-31(32,33)28-18-25(35)12-13-26(28)29(27)22-8-10-24(11-9-22)34-16-14-23(15-17-34)30(36-2)37-3/h4-13,18,23,27,29-30,35H,14-17,19H2,1-3H3/t27-,29-/m1/s1. The van der Waals surface area contributed by atoms with Crippen LogP contribution in [0.2, 0.25) is 0 Å². The first-order valence-corrected chi connectivity index (χ1v) is 13.0. The molecule has 1 aliphatic carbocycles. The fourth-order valence-corrected chi connectivity index (χ4v) is 6.19. The molecule has 0 radical (unpaired) electrons. The number of aromatic hydroxyl groups is 1. The molecule has 1 aliphatic heterocycles. The Hall–Kier alpha value is -2.96. The van der Waals surface area contributed by atoms with E-state index in [1.807, 2.05) is 31.2 Å². The monoisotopic (exact) mass is 507 g/mol. The Balaban J connectivity index is 1.46. The Morgan fingerprint density at radius 1 is 0.892 bits per heavy atom. The number of methoxy groups -OCH3 is 2. The van der Waals surface area contributed by atoms with Crippen LogP contribution in [0.5, 0.6) is 5.75 Å². The lowest BCUT2D eigenvalue weighted by molar-refractivity contribution is -0.141. The quantitative estimate of drug-likeness (QED) is 0.367. The zero-order chi connectivity index (χ0) is 26.2. The number of ether oxygens (including phenoxy) is 2. The van der Waals surface area contributed by atoms with Gasteiger partial charge in [0.25, 0.3) is 5.92 Å². The summed E-state index contributed by atoms with van der Waals surface area (Å²) in [6, 6.07) is 20.7. The molecule has 1 saturated heterocycles. The Kier molecular flexibility index (Phi) is 7.24. The summed E-state index contributed by atoms with van der Waals surface area (Å²) in [7, 11) is 3.37. The lowest BCUT2D eigenvalue weighted by atomic mass is 9.68. The molecule has 6 heteroatoms. The van der Waals surface area contributed by atoms with E-state index in [9.17, 15) is 5.11 Å². The summed E-state index contributed by atoms with van der Waals surface area (Å²) in [6.45, 7) is 3.83. The largest absolute Gasteiger partial charge is 0.508 e. The third-order valence-corrected chi connectivity index (χ3v) is 8.16. The summed E-state index contributed by atoms with van der Waals surface area (Å²) in [5.74, 6) is -3.39. The number of benzene rings is 3. The van der Waals surface area contributed by atoms with Crippen molar-refractivity contribution >= 4 is 5.69 Å². The Morgan fingerprint density at radius 2 is 1.51 bits per heavy atom. The van der Waals surface area contributed by atoms with Gasteiger partial charge in [0, 0.05) is 62.7 Å². The predicted molar refractivity (Wildman–Crippen MR) is 142 cm³/mol. The summed E-state index contributed by atoms with van der Waals surface area (Å²) in [6.07, 6.45) is 1.50. The van der Waals surface area contributed by atoms with E-state index in [1.54, 1.807) is 20.3 Å². The predicted octanol–water partition coefficient (Wildman–Crippen LogP) is 6.95. The number of halogens is 2. The molecule has 196 valence electrons. The molecule has 0 saturated carbocycles. The van der Waals surface area contributed by atoms with Crippen LogP contribution in [0.1, 0.15) is 58.9 Å². The van der Waals surface area contributed by atoms with Crippen molar-refractivity contribution in [3.63, 3.8) is 0 Å². The van der Waals surface area contributed by atoms with Gasteiger partial charge in [0.05, 0.1) is 0 Å². The number of aryl methyl sites for hydroxylation is 1. The molecule has 0 bridgehead atoms. The second kappa shape index (κ2) is 10.4. The maximum Gasteiger partial charge on any atom is 0.274 e. The van der Waals surface area contributed by atoms with E-state index >= 15 is 8.78 Å². The van der Waals surface area contributed by atoms with Crippen LogP contribution >= 0.6 is 0 Å². The Labute approximate surface area is 217 Å². The second-order valence-electron chi connectivity index (χ2n) is 10.4. The smallest absolute Gasteiger partial charge is 0.274 e. The first-order valence-electron chi connectivity index (χ1n) is 13.0. The molecule has 1 N–H and O–H groups in total. The molecule has 4 nitrogen and oxygen atoms in total. The molecule has 3 aromatic carbocycles. The molecular formula is C31H35F2NO3. The first kappa shape index (κ1) is 25.7. The summed E-state index contributed by atoms with van der Waals surface area (Å²) in [5, 5.41) is 10.0. The minimum Gasteiger partial charge on any atom is -0.508 e. The van der Waals surface area contributed by atoms with Gasteiger partial charge in [0.1, 0.15) is 5.75 Å². The number of nitrogens with zero attached hydrogens (tertiary/aromatic N) is 1. The fraction of sp³-hybridized carbons (Fsp3) is 0.419. The van der Waals surface area contributed by atoms with E-state index in [1.165, 1.54) is 12.1 Å². The van der Waals surface area contributed by atoms with E-state index in [0.717, 1.165) is 48.3 Å². The highest BCUT2D eigenvalue weighted by molar-refractivity contribution is 5.53. The van der Waals surface area contributed by atoms with Gasteiger partial charge >= 0.3 is 0 Å². The summed E-state index contributed by atoms with van der Waals surface area (Å²) < 4.78 is 41.7. The van der Waals surface area contributed by atoms with Crippen LogP contribution in [-0.2, 0) is 15.4 Å². The van der Waals surface area contributed by atoms with Crippen LogP contribution in [0.4, 0.5) is 14.5 Å². The molecule has 0 spiro atoms. The number of piperidine rings is 1. The van der Waals surface area contributed by atoms with Crippen molar-refractivity contribution in [3.8, 4) is 5.75 Å². The molecule has 2 aliphatic rings. The maximum absolute atomic E-state index is 15.4. The molecule has 0 unspecified atom stereocenters. The van der Waals surface area contributed by atoms with E-state index in [2.05, 4.69) is 29.2 Å². The van der Waals surface area contributed by atoms with Crippen LogP contribution in [0.3, 0.4) is 0 Å². The minimum atomic E-state index is -3.02. The molecule has 0 aromatic heterocycles. The van der Waals surface area contributed by atoms with Gasteiger partial charge in [-0.15, -0.1) is 0 Å². The normalized spacial score (nSPS) is 21.7. The molecule has 3 aromatic rings. The van der Waals surface area contributed by atoms with Gasteiger partial charge in [-0.25, -0.2) is 8.78 Å². The highest BCUT2D eigenvalue weighted by Crippen LogP contribution is 2.55.